The van der Waals surface area contributed by atoms with Crippen molar-refractivity contribution in [2.24, 2.45) is 0 Å². The molecule has 0 heterocycles. The van der Waals surface area contributed by atoms with Crippen LogP contribution < -0.4 is 5.73 Å². The van der Waals surface area contributed by atoms with E-state index < -0.39 is 0 Å². The molecule has 16 heavy (non-hydrogen) atoms. The Hall–Kier alpha value is -1.77. The molecule has 2 N–H and O–H groups in total. The smallest absolute Gasteiger partial charge is 0.246 e. The molecule has 1 amide bonds. The Balaban J connectivity index is 2.74. The first-order valence-electron chi connectivity index (χ1n) is 5.50. The maximum atomic E-state index is 11.7. The molecule has 0 aliphatic heterocycles. The van der Waals surface area contributed by atoms with Gasteiger partial charge in [0.1, 0.15) is 0 Å². The Morgan fingerprint density at radius 1 is 1.31 bits per heavy atom. The fourth-order valence-corrected chi connectivity index (χ4v) is 1.46. The number of benzene rings is 1. The fourth-order valence-electron chi connectivity index (χ4n) is 1.46. The van der Waals surface area contributed by atoms with E-state index in [0.29, 0.717) is 5.69 Å². The molecular weight excluding hydrogens is 200 g/mol. The first-order valence-corrected chi connectivity index (χ1v) is 5.50. The highest BCUT2D eigenvalue weighted by Crippen LogP contribution is 2.12. The Morgan fingerprint density at radius 2 is 1.94 bits per heavy atom. The molecule has 86 valence electrons. The summed E-state index contributed by atoms with van der Waals surface area (Å²) in [6, 6.07) is 7.49. The molecule has 0 aliphatic carbocycles. The third-order valence-electron chi connectivity index (χ3n) is 2.48. The molecule has 1 rings (SSSR count). The van der Waals surface area contributed by atoms with E-state index >= 15 is 0 Å². The summed E-state index contributed by atoms with van der Waals surface area (Å²) in [5, 5.41) is 0. The molecule has 3 heteroatoms. The molecule has 0 aliphatic rings. The van der Waals surface area contributed by atoms with Gasteiger partial charge in [-0.25, -0.2) is 0 Å². The molecule has 0 fully saturated rings. The predicted octanol–water partition coefficient (Wildman–Crippen LogP) is 2.15. The van der Waals surface area contributed by atoms with Crippen molar-refractivity contribution in [1.29, 1.82) is 0 Å². The Bertz CT molecular complexity index is 381. The molecule has 0 saturated heterocycles. The van der Waals surface area contributed by atoms with Crippen molar-refractivity contribution in [3.05, 3.63) is 35.9 Å². The van der Waals surface area contributed by atoms with Crippen LogP contribution in [0.5, 0.6) is 0 Å². The van der Waals surface area contributed by atoms with E-state index in [9.17, 15) is 4.79 Å². The molecular formula is C13H18N2O. The average Bonchev–Trinajstić information content (AvgIpc) is 2.29. The molecule has 0 spiro atoms. The number of hydrogen-bond acceptors (Lipinski definition) is 2. The van der Waals surface area contributed by atoms with Crippen LogP contribution in [0.4, 0.5) is 5.69 Å². The largest absolute Gasteiger partial charge is 0.398 e. The summed E-state index contributed by atoms with van der Waals surface area (Å²) in [4.78, 5) is 13.4. The predicted molar refractivity (Wildman–Crippen MR) is 67.8 cm³/mol. The highest BCUT2D eigenvalue weighted by Gasteiger charge is 2.04. The summed E-state index contributed by atoms with van der Waals surface area (Å²) >= 11 is 0. The number of nitrogens with zero attached hydrogens (tertiary/aromatic N) is 1. The van der Waals surface area contributed by atoms with Crippen LogP contribution in [0.3, 0.4) is 0 Å². The van der Waals surface area contributed by atoms with Gasteiger partial charge in [0.25, 0.3) is 0 Å². The zero-order chi connectivity index (χ0) is 12.0. The van der Waals surface area contributed by atoms with Gasteiger partial charge in [-0.2, -0.15) is 0 Å². The quantitative estimate of drug-likeness (QED) is 0.621. The second-order valence-electron chi connectivity index (χ2n) is 3.47. The van der Waals surface area contributed by atoms with Crippen LogP contribution in [-0.4, -0.2) is 23.9 Å². The van der Waals surface area contributed by atoms with Crippen LogP contribution in [0.1, 0.15) is 19.4 Å². The van der Waals surface area contributed by atoms with Gasteiger partial charge >= 0.3 is 0 Å². The summed E-state index contributed by atoms with van der Waals surface area (Å²) in [5.41, 5.74) is 7.34. The molecule has 0 saturated carbocycles. The van der Waals surface area contributed by atoms with E-state index in [1.165, 1.54) is 0 Å². The van der Waals surface area contributed by atoms with Crippen molar-refractivity contribution in [3.8, 4) is 0 Å². The van der Waals surface area contributed by atoms with Crippen LogP contribution in [0.25, 0.3) is 6.08 Å². The second-order valence-corrected chi connectivity index (χ2v) is 3.47. The van der Waals surface area contributed by atoms with Crippen molar-refractivity contribution in [2.75, 3.05) is 18.8 Å². The number of nitrogen functional groups attached to an aromatic ring is 1. The van der Waals surface area contributed by atoms with E-state index in [0.717, 1.165) is 18.7 Å². The van der Waals surface area contributed by atoms with E-state index in [4.69, 9.17) is 5.73 Å². The highest BCUT2D eigenvalue weighted by atomic mass is 16.2. The summed E-state index contributed by atoms with van der Waals surface area (Å²) in [6.07, 6.45) is 3.33. The maximum absolute atomic E-state index is 11.7. The van der Waals surface area contributed by atoms with Crippen LogP contribution in [-0.2, 0) is 4.79 Å². The molecule has 0 bridgehead atoms. The van der Waals surface area contributed by atoms with Gasteiger partial charge in [0.05, 0.1) is 0 Å². The van der Waals surface area contributed by atoms with Gasteiger partial charge in [-0.15, -0.1) is 0 Å². The van der Waals surface area contributed by atoms with Gasteiger partial charge in [0, 0.05) is 24.9 Å². The van der Waals surface area contributed by atoms with Gasteiger partial charge in [-0.3, -0.25) is 4.79 Å². The number of anilines is 1. The van der Waals surface area contributed by atoms with Gasteiger partial charge in [0.2, 0.25) is 5.91 Å². The standard InChI is InChI=1S/C13H18N2O/c1-3-15(4-2)13(16)10-9-11-7-5-6-8-12(11)14/h5-10H,3-4,14H2,1-2H3/b10-9-. The number of amides is 1. The maximum Gasteiger partial charge on any atom is 0.246 e. The molecule has 0 radical (unpaired) electrons. The topological polar surface area (TPSA) is 46.3 Å². The Morgan fingerprint density at radius 3 is 2.50 bits per heavy atom. The molecule has 3 nitrogen and oxygen atoms in total. The SMILES string of the molecule is CCN(CC)C(=O)/C=C\c1ccccc1N. The van der Waals surface area contributed by atoms with E-state index in [2.05, 4.69) is 0 Å². The Kier molecular flexibility index (Phi) is 4.58. The number of carbonyl (C=O) groups is 1. The minimum Gasteiger partial charge on any atom is -0.398 e. The van der Waals surface area contributed by atoms with Crippen LogP contribution in [0.15, 0.2) is 30.3 Å². The van der Waals surface area contributed by atoms with Crippen LogP contribution >= 0.6 is 0 Å². The average molecular weight is 218 g/mol. The summed E-state index contributed by atoms with van der Waals surface area (Å²) in [6.45, 7) is 5.38. The summed E-state index contributed by atoms with van der Waals surface area (Å²) in [5.74, 6) is 0.0215. The third kappa shape index (κ3) is 3.12. The lowest BCUT2D eigenvalue weighted by Crippen LogP contribution is -2.28. The second kappa shape index (κ2) is 5.95. The zero-order valence-corrected chi connectivity index (χ0v) is 9.81. The lowest BCUT2D eigenvalue weighted by atomic mass is 10.1. The number of rotatable bonds is 4. The van der Waals surface area contributed by atoms with Crippen molar-refractivity contribution < 1.29 is 4.79 Å². The molecule has 0 atom stereocenters. The summed E-state index contributed by atoms with van der Waals surface area (Å²) < 4.78 is 0. The number of nitrogens with two attached hydrogens (primary N) is 1. The van der Waals surface area contributed by atoms with Crippen molar-refractivity contribution in [1.82, 2.24) is 4.90 Å². The van der Waals surface area contributed by atoms with Crippen molar-refractivity contribution >= 4 is 17.7 Å². The Labute approximate surface area is 96.6 Å². The van der Waals surface area contributed by atoms with E-state index in [1.54, 1.807) is 17.1 Å². The third-order valence-corrected chi connectivity index (χ3v) is 2.48. The number of likely N-dealkylation sites (N-methyl/N-ethyl adjacent to an activating group) is 1. The summed E-state index contributed by atoms with van der Waals surface area (Å²) in [7, 11) is 0. The van der Waals surface area contributed by atoms with Crippen LogP contribution in [0, 0.1) is 0 Å². The minimum absolute atomic E-state index is 0.0215. The van der Waals surface area contributed by atoms with Gasteiger partial charge in [0.15, 0.2) is 0 Å². The van der Waals surface area contributed by atoms with Gasteiger partial charge in [-0.1, -0.05) is 18.2 Å². The monoisotopic (exact) mass is 218 g/mol. The number of para-hydroxylation sites is 1. The normalized spacial score (nSPS) is 10.6. The van der Waals surface area contributed by atoms with Crippen molar-refractivity contribution in [2.45, 2.75) is 13.8 Å². The minimum atomic E-state index is 0.0215. The number of carbonyl (C=O) groups excluding carboxylic acids is 1. The number of hydrogen-bond donors (Lipinski definition) is 1. The van der Waals surface area contributed by atoms with Gasteiger partial charge < -0.3 is 10.6 Å². The molecule has 1 aromatic carbocycles. The van der Waals surface area contributed by atoms with E-state index in [1.807, 2.05) is 38.1 Å². The zero-order valence-electron chi connectivity index (χ0n) is 9.81. The van der Waals surface area contributed by atoms with Gasteiger partial charge in [-0.05, 0) is 31.6 Å². The fraction of sp³-hybridized carbons (Fsp3) is 0.308. The molecule has 1 aromatic rings. The lowest BCUT2D eigenvalue weighted by Gasteiger charge is -2.15. The first kappa shape index (κ1) is 12.3. The van der Waals surface area contributed by atoms with Crippen LogP contribution in [0.2, 0.25) is 0 Å². The lowest BCUT2D eigenvalue weighted by molar-refractivity contribution is -0.125. The van der Waals surface area contributed by atoms with E-state index in [-0.39, 0.29) is 5.91 Å². The van der Waals surface area contributed by atoms with Crippen molar-refractivity contribution in [3.63, 3.8) is 0 Å². The first-order chi connectivity index (χ1) is 7.69. The molecule has 0 aromatic heterocycles. The highest BCUT2D eigenvalue weighted by molar-refractivity contribution is 5.92. The molecule has 0 unspecified atom stereocenters.